The maximum atomic E-state index is 10.6. The van der Waals surface area contributed by atoms with Gasteiger partial charge in [-0.05, 0) is 16.7 Å². The highest BCUT2D eigenvalue weighted by Gasteiger charge is 2.03. The fourth-order valence-corrected chi connectivity index (χ4v) is 1.82. The molecule has 0 aliphatic rings. The fraction of sp³-hybridized carbons (Fsp3) is 0.133. The average molecular weight is 226 g/mol. The van der Waals surface area contributed by atoms with Crippen molar-refractivity contribution in [2.24, 2.45) is 0 Å². The van der Waals surface area contributed by atoms with Gasteiger partial charge in [0.05, 0.1) is 6.61 Å². The normalized spacial score (nSPS) is 10.2. The lowest BCUT2D eigenvalue weighted by Crippen LogP contribution is -1.91. The van der Waals surface area contributed by atoms with Crippen molar-refractivity contribution >= 4 is 6.29 Å². The fourth-order valence-electron chi connectivity index (χ4n) is 1.82. The molecular weight excluding hydrogens is 212 g/mol. The van der Waals surface area contributed by atoms with Crippen LogP contribution in [0, 0.1) is 0 Å². The van der Waals surface area contributed by atoms with Gasteiger partial charge in [0.15, 0.2) is 0 Å². The van der Waals surface area contributed by atoms with Gasteiger partial charge < -0.3 is 4.74 Å². The third-order valence-corrected chi connectivity index (χ3v) is 2.67. The molecule has 0 spiro atoms. The summed E-state index contributed by atoms with van der Waals surface area (Å²) in [4.78, 5) is 10.6. The lowest BCUT2D eigenvalue weighted by Gasteiger charge is -2.08. The highest BCUT2D eigenvalue weighted by atomic mass is 16.5. The number of benzene rings is 2. The standard InChI is InChI=1S/C15H14O2/c1-17-11-14-4-2-3-5-15(14)13-8-6-12(10-16)7-9-13/h2-10H,11H2,1H3. The first-order valence-electron chi connectivity index (χ1n) is 5.47. The van der Waals surface area contributed by atoms with E-state index in [2.05, 4.69) is 6.07 Å². The van der Waals surface area contributed by atoms with Gasteiger partial charge in [-0.3, -0.25) is 4.79 Å². The summed E-state index contributed by atoms with van der Waals surface area (Å²) in [6.07, 6.45) is 0.852. The molecule has 2 aromatic rings. The second-order valence-electron chi connectivity index (χ2n) is 3.83. The number of hydrogen-bond donors (Lipinski definition) is 0. The predicted octanol–water partition coefficient (Wildman–Crippen LogP) is 3.31. The van der Waals surface area contributed by atoms with E-state index in [4.69, 9.17) is 4.74 Å². The number of carbonyl (C=O) groups excluding carboxylic acids is 1. The van der Waals surface area contributed by atoms with Crippen molar-refractivity contribution in [3.8, 4) is 11.1 Å². The molecule has 0 aliphatic carbocycles. The van der Waals surface area contributed by atoms with Crippen LogP contribution in [0.2, 0.25) is 0 Å². The highest BCUT2D eigenvalue weighted by Crippen LogP contribution is 2.24. The van der Waals surface area contributed by atoms with Crippen molar-refractivity contribution in [2.45, 2.75) is 6.61 Å². The van der Waals surface area contributed by atoms with E-state index in [1.54, 1.807) is 7.11 Å². The lowest BCUT2D eigenvalue weighted by molar-refractivity contribution is 0.112. The van der Waals surface area contributed by atoms with Crippen LogP contribution in [0.3, 0.4) is 0 Å². The smallest absolute Gasteiger partial charge is 0.150 e. The third-order valence-electron chi connectivity index (χ3n) is 2.67. The van der Waals surface area contributed by atoms with Crippen LogP contribution in [-0.4, -0.2) is 13.4 Å². The Kier molecular flexibility index (Phi) is 3.68. The molecule has 17 heavy (non-hydrogen) atoms. The quantitative estimate of drug-likeness (QED) is 0.747. The first-order valence-corrected chi connectivity index (χ1v) is 5.47. The van der Waals surface area contributed by atoms with Crippen LogP contribution in [0.1, 0.15) is 15.9 Å². The molecule has 0 unspecified atom stereocenters. The number of hydrogen-bond acceptors (Lipinski definition) is 2. The van der Waals surface area contributed by atoms with Gasteiger partial charge >= 0.3 is 0 Å². The predicted molar refractivity (Wildman–Crippen MR) is 68.0 cm³/mol. The summed E-state index contributed by atoms with van der Waals surface area (Å²) in [5.41, 5.74) is 4.09. The Morgan fingerprint density at radius 1 is 1.06 bits per heavy atom. The molecule has 0 aliphatic heterocycles. The molecule has 2 aromatic carbocycles. The molecule has 0 radical (unpaired) electrons. The molecular formula is C15H14O2. The summed E-state index contributed by atoms with van der Waals surface area (Å²) >= 11 is 0. The van der Waals surface area contributed by atoms with Crippen LogP contribution in [0.4, 0.5) is 0 Å². The van der Waals surface area contributed by atoms with E-state index >= 15 is 0 Å². The molecule has 0 saturated heterocycles. The first-order chi connectivity index (χ1) is 8.35. The Morgan fingerprint density at radius 2 is 1.76 bits per heavy atom. The monoisotopic (exact) mass is 226 g/mol. The van der Waals surface area contributed by atoms with E-state index in [1.165, 1.54) is 0 Å². The zero-order valence-electron chi connectivity index (χ0n) is 9.72. The van der Waals surface area contributed by atoms with Crippen molar-refractivity contribution in [1.29, 1.82) is 0 Å². The van der Waals surface area contributed by atoms with Crippen LogP contribution >= 0.6 is 0 Å². The summed E-state index contributed by atoms with van der Waals surface area (Å²) in [6.45, 7) is 0.589. The Labute approximate surface area is 101 Å². The molecule has 0 amide bonds. The summed E-state index contributed by atoms with van der Waals surface area (Å²) < 4.78 is 5.18. The van der Waals surface area contributed by atoms with Crippen molar-refractivity contribution in [2.75, 3.05) is 7.11 Å². The summed E-state index contributed by atoms with van der Waals surface area (Å²) in [6, 6.07) is 15.7. The largest absolute Gasteiger partial charge is 0.380 e. The van der Waals surface area contributed by atoms with Gasteiger partial charge in [-0.25, -0.2) is 0 Å². The van der Waals surface area contributed by atoms with Crippen molar-refractivity contribution in [1.82, 2.24) is 0 Å². The molecule has 0 fully saturated rings. The zero-order valence-corrected chi connectivity index (χ0v) is 9.72. The molecule has 2 heteroatoms. The first kappa shape index (κ1) is 11.6. The lowest BCUT2D eigenvalue weighted by atomic mass is 9.99. The van der Waals surface area contributed by atoms with E-state index in [-0.39, 0.29) is 0 Å². The topological polar surface area (TPSA) is 26.3 Å². The van der Waals surface area contributed by atoms with E-state index in [0.29, 0.717) is 12.2 Å². The minimum Gasteiger partial charge on any atom is -0.380 e. The molecule has 0 heterocycles. The highest BCUT2D eigenvalue weighted by molar-refractivity contribution is 5.77. The van der Waals surface area contributed by atoms with Gasteiger partial charge in [-0.2, -0.15) is 0 Å². The molecule has 0 N–H and O–H groups in total. The molecule has 0 atom stereocenters. The minimum atomic E-state index is 0.589. The third kappa shape index (κ3) is 2.60. The molecule has 2 rings (SSSR count). The maximum absolute atomic E-state index is 10.6. The Bertz CT molecular complexity index is 501. The molecule has 0 aromatic heterocycles. The van der Waals surface area contributed by atoms with Gasteiger partial charge in [-0.1, -0.05) is 48.5 Å². The SMILES string of the molecule is COCc1ccccc1-c1ccc(C=O)cc1. The number of methoxy groups -OCH3 is 1. The van der Waals surface area contributed by atoms with Gasteiger partial charge in [0.25, 0.3) is 0 Å². The zero-order chi connectivity index (χ0) is 12.1. The number of rotatable bonds is 4. The van der Waals surface area contributed by atoms with Crippen LogP contribution in [0.5, 0.6) is 0 Å². The van der Waals surface area contributed by atoms with E-state index in [9.17, 15) is 4.79 Å². The second kappa shape index (κ2) is 5.41. The van der Waals surface area contributed by atoms with Gasteiger partial charge in [0, 0.05) is 12.7 Å². The molecule has 0 saturated carbocycles. The molecule has 2 nitrogen and oxygen atoms in total. The van der Waals surface area contributed by atoms with Gasteiger partial charge in [0.2, 0.25) is 0 Å². The number of ether oxygens (including phenoxy) is 1. The van der Waals surface area contributed by atoms with Crippen LogP contribution in [-0.2, 0) is 11.3 Å². The Balaban J connectivity index is 2.40. The number of aldehydes is 1. The van der Waals surface area contributed by atoms with Crippen LogP contribution in [0.15, 0.2) is 48.5 Å². The van der Waals surface area contributed by atoms with Crippen LogP contribution in [0.25, 0.3) is 11.1 Å². The second-order valence-corrected chi connectivity index (χ2v) is 3.83. The minimum absolute atomic E-state index is 0.589. The van der Waals surface area contributed by atoms with E-state index < -0.39 is 0 Å². The van der Waals surface area contributed by atoms with E-state index in [1.807, 2.05) is 42.5 Å². The van der Waals surface area contributed by atoms with E-state index in [0.717, 1.165) is 23.0 Å². The maximum Gasteiger partial charge on any atom is 0.150 e. The summed E-state index contributed by atoms with van der Waals surface area (Å²) in [5, 5.41) is 0. The summed E-state index contributed by atoms with van der Waals surface area (Å²) in [5.74, 6) is 0. The molecule has 86 valence electrons. The number of carbonyl (C=O) groups is 1. The van der Waals surface area contributed by atoms with Gasteiger partial charge in [0.1, 0.15) is 6.29 Å². The van der Waals surface area contributed by atoms with Crippen molar-refractivity contribution in [3.63, 3.8) is 0 Å². The van der Waals surface area contributed by atoms with Crippen molar-refractivity contribution < 1.29 is 9.53 Å². The Morgan fingerprint density at radius 3 is 2.41 bits per heavy atom. The average Bonchev–Trinajstić information content (AvgIpc) is 2.40. The van der Waals surface area contributed by atoms with Crippen molar-refractivity contribution in [3.05, 3.63) is 59.7 Å². The Hall–Kier alpha value is -1.93. The molecule has 0 bridgehead atoms. The van der Waals surface area contributed by atoms with Gasteiger partial charge in [-0.15, -0.1) is 0 Å². The summed E-state index contributed by atoms with van der Waals surface area (Å²) in [7, 11) is 1.69. The van der Waals surface area contributed by atoms with Crippen LogP contribution < -0.4 is 0 Å².